The molecule has 1 aromatic carbocycles. The van der Waals surface area contributed by atoms with Gasteiger partial charge in [0, 0.05) is 18.7 Å². The van der Waals surface area contributed by atoms with E-state index in [1.54, 1.807) is 12.3 Å². The highest BCUT2D eigenvalue weighted by Crippen LogP contribution is 2.24. The number of hydrogen-bond acceptors (Lipinski definition) is 6. The summed E-state index contributed by atoms with van der Waals surface area (Å²) in [5.74, 6) is 0.541. The Morgan fingerprint density at radius 1 is 1.27 bits per heavy atom. The van der Waals surface area contributed by atoms with Gasteiger partial charge in [-0.2, -0.15) is 0 Å². The van der Waals surface area contributed by atoms with Crippen molar-refractivity contribution in [2.45, 2.75) is 17.9 Å². The SMILES string of the molecule is CNS(=O)(=O)c1cc(C(=O)NCCCOCc2ccco2)ccc1OC. The van der Waals surface area contributed by atoms with Crippen LogP contribution in [0.2, 0.25) is 0 Å². The number of carbonyl (C=O) groups excluding carboxylic acids is 1. The molecule has 0 saturated heterocycles. The fourth-order valence-electron chi connectivity index (χ4n) is 2.18. The number of benzene rings is 1. The predicted octanol–water partition coefficient (Wildman–Crippen LogP) is 1.53. The minimum Gasteiger partial charge on any atom is -0.495 e. The number of hydrogen-bond donors (Lipinski definition) is 2. The molecule has 8 nitrogen and oxygen atoms in total. The van der Waals surface area contributed by atoms with E-state index in [-0.39, 0.29) is 22.1 Å². The standard InChI is InChI=1S/C17H22N2O6S/c1-18-26(21,22)16-11-13(6-7-15(16)23-2)17(20)19-8-4-9-24-12-14-5-3-10-25-14/h3,5-7,10-11,18H,4,8-9,12H2,1-2H3,(H,19,20). The molecule has 2 N–H and O–H groups in total. The van der Waals surface area contributed by atoms with E-state index in [2.05, 4.69) is 10.0 Å². The van der Waals surface area contributed by atoms with Crippen LogP contribution < -0.4 is 14.8 Å². The lowest BCUT2D eigenvalue weighted by Gasteiger charge is -2.11. The molecule has 2 aromatic rings. The Bertz CT molecular complexity index is 818. The zero-order valence-electron chi connectivity index (χ0n) is 14.7. The molecule has 9 heteroatoms. The second-order valence-corrected chi connectivity index (χ2v) is 7.17. The minimum atomic E-state index is -3.73. The van der Waals surface area contributed by atoms with Crippen molar-refractivity contribution in [2.24, 2.45) is 0 Å². The van der Waals surface area contributed by atoms with Crippen molar-refractivity contribution in [1.82, 2.24) is 10.0 Å². The molecular formula is C17H22N2O6S. The molecule has 0 saturated carbocycles. The van der Waals surface area contributed by atoms with Crippen LogP contribution in [0.4, 0.5) is 0 Å². The molecule has 1 heterocycles. The van der Waals surface area contributed by atoms with Crippen molar-refractivity contribution in [3.05, 3.63) is 47.9 Å². The number of sulfonamides is 1. The van der Waals surface area contributed by atoms with Crippen LogP contribution in [0.3, 0.4) is 0 Å². The van der Waals surface area contributed by atoms with E-state index in [0.717, 1.165) is 5.76 Å². The van der Waals surface area contributed by atoms with Gasteiger partial charge >= 0.3 is 0 Å². The van der Waals surface area contributed by atoms with Gasteiger partial charge < -0.3 is 19.2 Å². The summed E-state index contributed by atoms with van der Waals surface area (Å²) in [6, 6.07) is 7.85. The first kappa shape index (κ1) is 20.0. The summed E-state index contributed by atoms with van der Waals surface area (Å²) in [5.41, 5.74) is 0.233. The molecule has 1 aromatic heterocycles. The van der Waals surface area contributed by atoms with Crippen molar-refractivity contribution >= 4 is 15.9 Å². The fourth-order valence-corrected chi connectivity index (χ4v) is 3.10. The Labute approximate surface area is 152 Å². The number of ether oxygens (including phenoxy) is 2. The van der Waals surface area contributed by atoms with Crippen molar-refractivity contribution in [3.63, 3.8) is 0 Å². The van der Waals surface area contributed by atoms with Gasteiger partial charge in [-0.3, -0.25) is 4.79 Å². The molecule has 26 heavy (non-hydrogen) atoms. The van der Waals surface area contributed by atoms with Gasteiger partial charge in [-0.1, -0.05) is 0 Å². The van der Waals surface area contributed by atoms with E-state index in [1.165, 1.54) is 32.4 Å². The smallest absolute Gasteiger partial charge is 0.251 e. The van der Waals surface area contributed by atoms with Crippen molar-refractivity contribution < 1.29 is 27.1 Å². The van der Waals surface area contributed by atoms with Gasteiger partial charge in [0.05, 0.1) is 13.4 Å². The van der Waals surface area contributed by atoms with Gasteiger partial charge in [0.25, 0.3) is 5.91 Å². The Morgan fingerprint density at radius 3 is 2.73 bits per heavy atom. The van der Waals surface area contributed by atoms with Crippen LogP contribution in [0.15, 0.2) is 45.9 Å². The molecule has 0 spiro atoms. The Balaban J connectivity index is 1.86. The van der Waals surface area contributed by atoms with E-state index in [1.807, 2.05) is 6.07 Å². The van der Waals surface area contributed by atoms with Crippen LogP contribution in [-0.4, -0.2) is 41.6 Å². The summed E-state index contributed by atoms with van der Waals surface area (Å²) >= 11 is 0. The topological polar surface area (TPSA) is 107 Å². The molecule has 0 radical (unpaired) electrons. The highest BCUT2D eigenvalue weighted by Gasteiger charge is 2.20. The first-order chi connectivity index (χ1) is 12.5. The summed E-state index contributed by atoms with van der Waals surface area (Å²) in [4.78, 5) is 12.1. The number of nitrogens with one attached hydrogen (secondary N) is 2. The molecule has 0 aliphatic heterocycles. The average molecular weight is 382 g/mol. The Hall–Kier alpha value is -2.36. The number of carbonyl (C=O) groups is 1. The normalized spacial score (nSPS) is 11.3. The average Bonchev–Trinajstić information content (AvgIpc) is 3.17. The van der Waals surface area contributed by atoms with Crippen LogP contribution in [0, 0.1) is 0 Å². The van der Waals surface area contributed by atoms with Crippen LogP contribution in [-0.2, 0) is 21.4 Å². The molecule has 0 aliphatic rings. The maximum absolute atomic E-state index is 12.2. The van der Waals surface area contributed by atoms with Crippen LogP contribution in [0.5, 0.6) is 5.75 Å². The quantitative estimate of drug-likeness (QED) is 0.604. The summed E-state index contributed by atoms with van der Waals surface area (Å²) in [6.07, 6.45) is 2.20. The lowest BCUT2D eigenvalue weighted by atomic mass is 10.2. The summed E-state index contributed by atoms with van der Waals surface area (Å²) in [7, 11) is -1.07. The second kappa shape index (κ2) is 9.37. The molecule has 0 bridgehead atoms. The monoisotopic (exact) mass is 382 g/mol. The van der Waals surface area contributed by atoms with Crippen LogP contribution in [0.1, 0.15) is 22.5 Å². The lowest BCUT2D eigenvalue weighted by Crippen LogP contribution is -2.26. The third kappa shape index (κ3) is 5.32. The molecule has 2 rings (SSSR count). The number of furan rings is 1. The van der Waals surface area contributed by atoms with E-state index < -0.39 is 10.0 Å². The van der Waals surface area contributed by atoms with Crippen LogP contribution >= 0.6 is 0 Å². The third-order valence-corrected chi connectivity index (χ3v) is 5.00. The van der Waals surface area contributed by atoms with Gasteiger partial charge in [0.2, 0.25) is 10.0 Å². The molecule has 0 unspecified atom stereocenters. The second-order valence-electron chi connectivity index (χ2n) is 5.31. The highest BCUT2D eigenvalue weighted by atomic mass is 32.2. The van der Waals surface area contributed by atoms with Crippen molar-refractivity contribution in [1.29, 1.82) is 0 Å². The van der Waals surface area contributed by atoms with Crippen molar-refractivity contribution in [3.8, 4) is 5.75 Å². The van der Waals surface area contributed by atoms with Gasteiger partial charge in [-0.05, 0) is 43.8 Å². The van der Waals surface area contributed by atoms with E-state index >= 15 is 0 Å². The summed E-state index contributed by atoms with van der Waals surface area (Å²) in [6.45, 7) is 1.24. The Kier molecular flexibility index (Phi) is 7.19. The van der Waals surface area contributed by atoms with E-state index in [0.29, 0.717) is 26.2 Å². The zero-order chi connectivity index (χ0) is 19.0. The highest BCUT2D eigenvalue weighted by molar-refractivity contribution is 7.89. The maximum Gasteiger partial charge on any atom is 0.251 e. The van der Waals surface area contributed by atoms with Gasteiger partial charge in [-0.15, -0.1) is 0 Å². The molecular weight excluding hydrogens is 360 g/mol. The lowest BCUT2D eigenvalue weighted by molar-refractivity contribution is 0.0917. The molecule has 142 valence electrons. The van der Waals surface area contributed by atoms with E-state index in [9.17, 15) is 13.2 Å². The van der Waals surface area contributed by atoms with Crippen molar-refractivity contribution in [2.75, 3.05) is 27.3 Å². The predicted molar refractivity (Wildman–Crippen MR) is 94.6 cm³/mol. The largest absolute Gasteiger partial charge is 0.495 e. The number of rotatable bonds is 10. The minimum absolute atomic E-state index is 0.0862. The van der Waals surface area contributed by atoms with Gasteiger partial charge in [-0.25, -0.2) is 13.1 Å². The number of methoxy groups -OCH3 is 1. The fraction of sp³-hybridized carbons (Fsp3) is 0.353. The van der Waals surface area contributed by atoms with Crippen LogP contribution in [0.25, 0.3) is 0 Å². The Morgan fingerprint density at radius 2 is 2.08 bits per heavy atom. The first-order valence-electron chi connectivity index (χ1n) is 7.98. The number of amides is 1. The van der Waals surface area contributed by atoms with Gasteiger partial charge in [0.15, 0.2) is 0 Å². The third-order valence-electron chi connectivity index (χ3n) is 3.56. The summed E-state index contributed by atoms with van der Waals surface area (Å²) in [5, 5.41) is 2.73. The molecule has 0 aliphatic carbocycles. The van der Waals surface area contributed by atoms with E-state index in [4.69, 9.17) is 13.9 Å². The summed E-state index contributed by atoms with van der Waals surface area (Å²) < 4.78 is 41.9. The zero-order valence-corrected chi connectivity index (χ0v) is 15.5. The molecule has 0 atom stereocenters. The first-order valence-corrected chi connectivity index (χ1v) is 9.46. The maximum atomic E-state index is 12.2. The van der Waals surface area contributed by atoms with Gasteiger partial charge in [0.1, 0.15) is 23.0 Å². The molecule has 1 amide bonds. The molecule has 0 fully saturated rings.